The van der Waals surface area contributed by atoms with Crippen molar-refractivity contribution in [2.24, 2.45) is 0 Å². The van der Waals surface area contributed by atoms with Gasteiger partial charge in [-0.2, -0.15) is 0 Å². The predicted molar refractivity (Wildman–Crippen MR) is 112 cm³/mol. The SMILES string of the molecule is COc1ccc(CNC(=O)c2ccc(N3CCc4ccccc43)cn2)cc1OC. The summed E-state index contributed by atoms with van der Waals surface area (Å²) in [6.07, 6.45) is 2.77. The van der Waals surface area contributed by atoms with E-state index >= 15 is 0 Å². The van der Waals surface area contributed by atoms with E-state index in [-0.39, 0.29) is 5.91 Å². The molecular formula is C23H23N3O3. The number of carbonyl (C=O) groups is 1. The fourth-order valence-corrected chi connectivity index (χ4v) is 3.55. The number of para-hydroxylation sites is 1. The molecule has 29 heavy (non-hydrogen) atoms. The summed E-state index contributed by atoms with van der Waals surface area (Å²) in [6, 6.07) is 17.6. The standard InChI is InChI=1S/C23H23N3O3/c1-28-21-10-7-16(13-22(21)29-2)14-25-23(27)19-9-8-18(15-24-19)26-12-11-17-5-3-4-6-20(17)26/h3-10,13,15H,11-12,14H2,1-2H3,(H,25,27). The van der Waals surface area contributed by atoms with Gasteiger partial charge >= 0.3 is 0 Å². The van der Waals surface area contributed by atoms with Crippen LogP contribution in [-0.2, 0) is 13.0 Å². The summed E-state index contributed by atoms with van der Waals surface area (Å²) in [5, 5.41) is 2.90. The highest BCUT2D eigenvalue weighted by Gasteiger charge is 2.20. The summed E-state index contributed by atoms with van der Waals surface area (Å²) in [6.45, 7) is 1.30. The molecule has 6 nitrogen and oxygen atoms in total. The molecule has 148 valence electrons. The van der Waals surface area contributed by atoms with Gasteiger partial charge in [-0.15, -0.1) is 0 Å². The summed E-state index contributed by atoms with van der Waals surface area (Å²) < 4.78 is 10.5. The van der Waals surface area contributed by atoms with Crippen molar-refractivity contribution in [2.75, 3.05) is 25.7 Å². The van der Waals surface area contributed by atoms with E-state index in [0.717, 1.165) is 24.2 Å². The minimum absolute atomic E-state index is 0.215. The van der Waals surface area contributed by atoms with Crippen LogP contribution in [0.15, 0.2) is 60.8 Å². The number of rotatable bonds is 6. The van der Waals surface area contributed by atoms with E-state index in [0.29, 0.717) is 23.7 Å². The number of amides is 1. The summed E-state index contributed by atoms with van der Waals surface area (Å²) in [5.41, 5.74) is 4.85. The number of nitrogens with one attached hydrogen (secondary N) is 1. The Morgan fingerprint density at radius 1 is 1.07 bits per heavy atom. The first kappa shape index (κ1) is 18.8. The number of hydrogen-bond acceptors (Lipinski definition) is 5. The lowest BCUT2D eigenvalue weighted by Gasteiger charge is -2.19. The first-order chi connectivity index (χ1) is 14.2. The fraction of sp³-hybridized carbons (Fsp3) is 0.217. The van der Waals surface area contributed by atoms with Crippen LogP contribution in [0.5, 0.6) is 11.5 Å². The quantitative estimate of drug-likeness (QED) is 0.696. The fourth-order valence-electron chi connectivity index (χ4n) is 3.55. The van der Waals surface area contributed by atoms with Crippen LogP contribution in [0.2, 0.25) is 0 Å². The van der Waals surface area contributed by atoms with Gasteiger partial charge in [0.25, 0.3) is 5.91 Å². The van der Waals surface area contributed by atoms with Gasteiger partial charge < -0.3 is 19.7 Å². The number of pyridine rings is 1. The molecule has 1 N–H and O–H groups in total. The molecule has 0 fully saturated rings. The Labute approximate surface area is 170 Å². The van der Waals surface area contributed by atoms with Gasteiger partial charge in [0.15, 0.2) is 11.5 Å². The van der Waals surface area contributed by atoms with Gasteiger partial charge in [0.2, 0.25) is 0 Å². The summed E-state index contributed by atoms with van der Waals surface area (Å²) in [7, 11) is 3.18. The van der Waals surface area contributed by atoms with Crippen LogP contribution in [-0.4, -0.2) is 31.7 Å². The topological polar surface area (TPSA) is 63.7 Å². The highest BCUT2D eigenvalue weighted by atomic mass is 16.5. The number of fused-ring (bicyclic) bond motifs is 1. The van der Waals surface area contributed by atoms with Crippen LogP contribution in [0.25, 0.3) is 0 Å². The van der Waals surface area contributed by atoms with Gasteiger partial charge in [-0.25, -0.2) is 4.98 Å². The van der Waals surface area contributed by atoms with Crippen LogP contribution in [0.1, 0.15) is 21.6 Å². The van der Waals surface area contributed by atoms with Crippen LogP contribution in [0, 0.1) is 0 Å². The number of carbonyl (C=O) groups excluding carboxylic acids is 1. The molecule has 1 aromatic heterocycles. The maximum atomic E-state index is 12.5. The minimum atomic E-state index is -0.215. The Morgan fingerprint density at radius 2 is 1.90 bits per heavy atom. The van der Waals surface area contributed by atoms with Crippen molar-refractivity contribution in [1.29, 1.82) is 0 Å². The zero-order valence-electron chi connectivity index (χ0n) is 16.5. The normalized spacial score (nSPS) is 12.4. The number of hydrogen-bond donors (Lipinski definition) is 1. The van der Waals surface area contributed by atoms with Gasteiger partial charge in [-0.1, -0.05) is 24.3 Å². The van der Waals surface area contributed by atoms with Crippen molar-refractivity contribution in [3.8, 4) is 11.5 Å². The van der Waals surface area contributed by atoms with E-state index in [1.807, 2.05) is 30.3 Å². The Bertz CT molecular complexity index is 1020. The first-order valence-electron chi connectivity index (χ1n) is 9.50. The second-order valence-electron chi connectivity index (χ2n) is 6.80. The van der Waals surface area contributed by atoms with E-state index < -0.39 is 0 Å². The molecule has 0 unspecified atom stereocenters. The Hall–Kier alpha value is -3.54. The maximum Gasteiger partial charge on any atom is 0.270 e. The molecule has 1 aliphatic heterocycles. The lowest BCUT2D eigenvalue weighted by atomic mass is 10.2. The number of methoxy groups -OCH3 is 2. The summed E-state index contributed by atoms with van der Waals surface area (Å²) >= 11 is 0. The molecule has 0 spiro atoms. The zero-order chi connectivity index (χ0) is 20.2. The third-order valence-corrected chi connectivity index (χ3v) is 5.08. The molecule has 0 saturated carbocycles. The van der Waals surface area contributed by atoms with Crippen LogP contribution < -0.4 is 19.7 Å². The van der Waals surface area contributed by atoms with E-state index in [1.54, 1.807) is 26.5 Å². The molecule has 0 bridgehead atoms. The van der Waals surface area contributed by atoms with Gasteiger partial charge in [-0.3, -0.25) is 4.79 Å². The summed E-state index contributed by atoms with van der Waals surface area (Å²) in [5.74, 6) is 1.07. The number of benzene rings is 2. The number of nitrogens with zero attached hydrogens (tertiary/aromatic N) is 2. The molecule has 2 heterocycles. The highest BCUT2D eigenvalue weighted by molar-refractivity contribution is 5.92. The summed E-state index contributed by atoms with van der Waals surface area (Å²) in [4.78, 5) is 19.1. The minimum Gasteiger partial charge on any atom is -0.493 e. The largest absolute Gasteiger partial charge is 0.493 e. The van der Waals surface area contributed by atoms with Crippen LogP contribution >= 0.6 is 0 Å². The lowest BCUT2D eigenvalue weighted by molar-refractivity contribution is 0.0946. The van der Waals surface area contributed by atoms with E-state index in [1.165, 1.54) is 11.3 Å². The van der Waals surface area contributed by atoms with Gasteiger partial charge in [0.1, 0.15) is 5.69 Å². The van der Waals surface area contributed by atoms with Crippen molar-refractivity contribution in [3.63, 3.8) is 0 Å². The van der Waals surface area contributed by atoms with Crippen LogP contribution in [0.4, 0.5) is 11.4 Å². The Kier molecular flexibility index (Phi) is 5.33. The average molecular weight is 389 g/mol. The Balaban J connectivity index is 1.41. The number of ether oxygens (including phenoxy) is 2. The molecule has 3 aromatic rings. The second-order valence-corrected chi connectivity index (χ2v) is 6.80. The third-order valence-electron chi connectivity index (χ3n) is 5.08. The van der Waals surface area contributed by atoms with Crippen molar-refractivity contribution >= 4 is 17.3 Å². The molecule has 0 atom stereocenters. The molecule has 0 radical (unpaired) electrons. The van der Waals surface area contributed by atoms with Crippen molar-refractivity contribution in [3.05, 3.63) is 77.6 Å². The lowest BCUT2D eigenvalue weighted by Crippen LogP contribution is -2.24. The van der Waals surface area contributed by atoms with Gasteiger partial charge in [-0.05, 0) is 47.9 Å². The van der Waals surface area contributed by atoms with Crippen LogP contribution in [0.3, 0.4) is 0 Å². The first-order valence-corrected chi connectivity index (χ1v) is 9.50. The van der Waals surface area contributed by atoms with Crippen molar-refractivity contribution in [1.82, 2.24) is 10.3 Å². The van der Waals surface area contributed by atoms with Gasteiger partial charge in [0.05, 0.1) is 26.1 Å². The smallest absolute Gasteiger partial charge is 0.270 e. The number of anilines is 2. The molecule has 4 rings (SSSR count). The molecular weight excluding hydrogens is 366 g/mol. The molecule has 0 saturated heterocycles. The predicted octanol–water partition coefficient (Wildman–Crippen LogP) is 3.72. The molecule has 2 aromatic carbocycles. The molecule has 6 heteroatoms. The highest BCUT2D eigenvalue weighted by Crippen LogP contribution is 2.33. The van der Waals surface area contributed by atoms with E-state index in [9.17, 15) is 4.79 Å². The zero-order valence-corrected chi connectivity index (χ0v) is 16.5. The molecule has 1 aliphatic rings. The monoisotopic (exact) mass is 389 g/mol. The second kappa shape index (κ2) is 8.22. The molecule has 1 amide bonds. The maximum absolute atomic E-state index is 12.5. The molecule has 0 aliphatic carbocycles. The van der Waals surface area contributed by atoms with Crippen molar-refractivity contribution in [2.45, 2.75) is 13.0 Å². The Morgan fingerprint density at radius 3 is 2.66 bits per heavy atom. The van der Waals surface area contributed by atoms with E-state index in [2.05, 4.69) is 33.4 Å². The van der Waals surface area contributed by atoms with Crippen molar-refractivity contribution < 1.29 is 14.3 Å². The third kappa shape index (κ3) is 3.87. The van der Waals surface area contributed by atoms with E-state index in [4.69, 9.17) is 9.47 Å². The number of aromatic nitrogens is 1. The average Bonchev–Trinajstić information content (AvgIpc) is 3.21. The van der Waals surface area contributed by atoms with Gasteiger partial charge in [0, 0.05) is 18.8 Å².